The number of benzene rings is 2. The van der Waals surface area contributed by atoms with Crippen LogP contribution in [-0.4, -0.2) is 20.6 Å². The molecule has 2 aromatic carbocycles. The number of carbonyl (C=O) groups is 1. The lowest BCUT2D eigenvalue weighted by molar-refractivity contribution is 0.0981. The summed E-state index contributed by atoms with van der Waals surface area (Å²) in [7, 11) is -3.51. The Hall–Kier alpha value is -2.66. The summed E-state index contributed by atoms with van der Waals surface area (Å²) in [5.41, 5.74) is 2.34. The Bertz CT molecular complexity index is 764. The Labute approximate surface area is 137 Å². The van der Waals surface area contributed by atoms with Crippen LogP contribution in [0.5, 0.6) is 0 Å². The van der Waals surface area contributed by atoms with Crippen LogP contribution >= 0.6 is 0 Å². The van der Waals surface area contributed by atoms with Gasteiger partial charge in [0.25, 0.3) is 5.91 Å². The molecular formula is C18H19NO3S. The molecule has 120 valence electrons. The first-order chi connectivity index (χ1) is 10.9. The SMILES string of the molecule is C=Cc1ccc(C(=O)NS(C)(=O)=O)cc1.C=Cc1ccccc1. The zero-order chi connectivity index (χ0) is 17.3. The predicted molar refractivity (Wildman–Crippen MR) is 95.4 cm³/mol. The summed E-state index contributed by atoms with van der Waals surface area (Å²) in [5.74, 6) is -0.631. The van der Waals surface area contributed by atoms with Gasteiger partial charge in [-0.15, -0.1) is 0 Å². The molecule has 0 radical (unpaired) electrons. The topological polar surface area (TPSA) is 63.2 Å². The van der Waals surface area contributed by atoms with Crippen molar-refractivity contribution >= 4 is 28.1 Å². The lowest BCUT2D eigenvalue weighted by Gasteiger charge is -2.02. The van der Waals surface area contributed by atoms with E-state index < -0.39 is 15.9 Å². The fourth-order valence-electron chi connectivity index (χ4n) is 1.59. The molecule has 23 heavy (non-hydrogen) atoms. The van der Waals surface area contributed by atoms with Crippen LogP contribution < -0.4 is 4.72 Å². The highest BCUT2D eigenvalue weighted by Crippen LogP contribution is 2.05. The minimum Gasteiger partial charge on any atom is -0.268 e. The van der Waals surface area contributed by atoms with Crippen molar-refractivity contribution < 1.29 is 13.2 Å². The molecule has 4 nitrogen and oxygen atoms in total. The van der Waals surface area contributed by atoms with Gasteiger partial charge in [-0.3, -0.25) is 4.79 Å². The zero-order valence-electron chi connectivity index (χ0n) is 12.9. The molecule has 0 heterocycles. The Balaban J connectivity index is 0.000000277. The molecule has 0 atom stereocenters. The maximum Gasteiger partial charge on any atom is 0.264 e. The summed E-state index contributed by atoms with van der Waals surface area (Å²) in [6.07, 6.45) is 4.40. The van der Waals surface area contributed by atoms with Gasteiger partial charge < -0.3 is 0 Å². The van der Waals surface area contributed by atoms with Gasteiger partial charge >= 0.3 is 0 Å². The van der Waals surface area contributed by atoms with E-state index in [0.717, 1.165) is 11.8 Å². The second-order valence-corrected chi connectivity index (χ2v) is 6.39. The second kappa shape index (κ2) is 8.70. The van der Waals surface area contributed by atoms with Gasteiger partial charge in [0.1, 0.15) is 0 Å². The maximum atomic E-state index is 11.3. The third-order valence-corrected chi connectivity index (χ3v) is 3.28. The van der Waals surface area contributed by atoms with E-state index in [2.05, 4.69) is 13.2 Å². The Morgan fingerprint density at radius 1 is 0.913 bits per heavy atom. The largest absolute Gasteiger partial charge is 0.268 e. The first-order valence-electron chi connectivity index (χ1n) is 6.78. The molecule has 2 aromatic rings. The van der Waals surface area contributed by atoms with Gasteiger partial charge in [0.15, 0.2) is 0 Å². The molecule has 0 aliphatic rings. The van der Waals surface area contributed by atoms with Crippen molar-refractivity contribution in [1.29, 1.82) is 0 Å². The van der Waals surface area contributed by atoms with Gasteiger partial charge in [0.05, 0.1) is 6.26 Å². The highest BCUT2D eigenvalue weighted by Gasteiger charge is 2.09. The maximum absolute atomic E-state index is 11.3. The van der Waals surface area contributed by atoms with Gasteiger partial charge in [0.2, 0.25) is 10.0 Å². The fraction of sp³-hybridized carbons (Fsp3) is 0.0556. The zero-order valence-corrected chi connectivity index (χ0v) is 13.7. The van der Waals surface area contributed by atoms with Crippen molar-refractivity contribution in [2.24, 2.45) is 0 Å². The number of nitrogens with one attached hydrogen (secondary N) is 1. The summed E-state index contributed by atoms with van der Waals surface area (Å²) >= 11 is 0. The molecule has 0 saturated heterocycles. The summed E-state index contributed by atoms with van der Waals surface area (Å²) in [5, 5.41) is 0. The van der Waals surface area contributed by atoms with E-state index in [4.69, 9.17) is 0 Å². The minimum atomic E-state index is -3.51. The number of rotatable bonds is 4. The third kappa shape index (κ3) is 7.24. The van der Waals surface area contributed by atoms with E-state index in [0.29, 0.717) is 5.56 Å². The van der Waals surface area contributed by atoms with Crippen LogP contribution in [0.25, 0.3) is 12.2 Å². The lowest BCUT2D eigenvalue weighted by Crippen LogP contribution is -2.29. The quantitative estimate of drug-likeness (QED) is 0.935. The predicted octanol–water partition coefficient (Wildman–Crippen LogP) is 3.35. The molecular weight excluding hydrogens is 310 g/mol. The van der Waals surface area contributed by atoms with E-state index in [1.165, 1.54) is 17.7 Å². The van der Waals surface area contributed by atoms with Gasteiger partial charge in [-0.2, -0.15) is 0 Å². The van der Waals surface area contributed by atoms with Crippen LogP contribution in [0.2, 0.25) is 0 Å². The molecule has 0 unspecified atom stereocenters. The monoisotopic (exact) mass is 329 g/mol. The fourth-order valence-corrected chi connectivity index (χ4v) is 2.04. The number of hydrogen-bond acceptors (Lipinski definition) is 3. The Kier molecular flexibility index (Phi) is 6.96. The third-order valence-electron chi connectivity index (χ3n) is 2.72. The molecule has 0 saturated carbocycles. The van der Waals surface area contributed by atoms with Crippen LogP contribution in [0.3, 0.4) is 0 Å². The minimum absolute atomic E-state index is 0.297. The summed E-state index contributed by atoms with van der Waals surface area (Å²) in [4.78, 5) is 11.3. The van der Waals surface area contributed by atoms with Crippen LogP contribution in [0.4, 0.5) is 0 Å². The second-order valence-electron chi connectivity index (χ2n) is 4.64. The molecule has 0 aliphatic heterocycles. The molecule has 1 N–H and O–H groups in total. The summed E-state index contributed by atoms with van der Waals surface area (Å²) < 4.78 is 23.5. The first kappa shape index (κ1) is 18.4. The first-order valence-corrected chi connectivity index (χ1v) is 8.67. The van der Waals surface area contributed by atoms with Crippen LogP contribution in [0.1, 0.15) is 21.5 Å². The molecule has 2 rings (SSSR count). The number of hydrogen-bond donors (Lipinski definition) is 1. The van der Waals surface area contributed by atoms with E-state index in [9.17, 15) is 13.2 Å². The van der Waals surface area contributed by atoms with Crippen molar-refractivity contribution in [3.63, 3.8) is 0 Å². The average Bonchev–Trinajstić information content (AvgIpc) is 2.54. The molecule has 0 bridgehead atoms. The van der Waals surface area contributed by atoms with Gasteiger partial charge in [-0.1, -0.05) is 67.8 Å². The highest BCUT2D eigenvalue weighted by molar-refractivity contribution is 7.89. The van der Waals surface area contributed by atoms with Crippen molar-refractivity contribution in [3.05, 3.63) is 84.4 Å². The molecule has 0 spiro atoms. The number of sulfonamides is 1. The average molecular weight is 329 g/mol. The Morgan fingerprint density at radius 2 is 1.39 bits per heavy atom. The molecule has 0 aliphatic carbocycles. The van der Waals surface area contributed by atoms with Gasteiger partial charge in [-0.05, 0) is 23.3 Å². The summed E-state index contributed by atoms with van der Waals surface area (Å²) in [6.45, 7) is 7.20. The smallest absolute Gasteiger partial charge is 0.264 e. The molecule has 0 fully saturated rings. The summed E-state index contributed by atoms with van der Waals surface area (Å²) in [6, 6.07) is 16.5. The van der Waals surface area contributed by atoms with Crippen molar-refractivity contribution in [3.8, 4) is 0 Å². The lowest BCUT2D eigenvalue weighted by atomic mass is 10.1. The van der Waals surface area contributed by atoms with Gasteiger partial charge in [-0.25, -0.2) is 13.1 Å². The number of amides is 1. The normalized spacial score (nSPS) is 9.96. The van der Waals surface area contributed by atoms with Crippen molar-refractivity contribution in [1.82, 2.24) is 4.72 Å². The van der Waals surface area contributed by atoms with E-state index in [1.54, 1.807) is 18.2 Å². The molecule has 0 aromatic heterocycles. The van der Waals surface area contributed by atoms with Gasteiger partial charge in [0, 0.05) is 5.56 Å². The standard InChI is InChI=1S/C10H11NO3S.C8H8/c1-3-8-4-6-9(7-5-8)10(12)11-15(2,13)14;1-2-8-6-4-3-5-7-8/h3-7H,1H2,2H3,(H,11,12);2-7H,1H2. The molecule has 1 amide bonds. The van der Waals surface area contributed by atoms with Crippen molar-refractivity contribution in [2.45, 2.75) is 0 Å². The van der Waals surface area contributed by atoms with Crippen LogP contribution in [-0.2, 0) is 10.0 Å². The highest BCUT2D eigenvalue weighted by atomic mass is 32.2. The van der Waals surface area contributed by atoms with Crippen molar-refractivity contribution in [2.75, 3.05) is 6.26 Å². The van der Waals surface area contributed by atoms with E-state index >= 15 is 0 Å². The van der Waals surface area contributed by atoms with E-state index in [1.807, 2.05) is 41.1 Å². The molecule has 5 heteroatoms. The number of carbonyl (C=O) groups excluding carboxylic acids is 1. The van der Waals surface area contributed by atoms with Crippen LogP contribution in [0.15, 0.2) is 67.8 Å². The van der Waals surface area contributed by atoms with E-state index in [-0.39, 0.29) is 0 Å². The van der Waals surface area contributed by atoms with Crippen LogP contribution in [0, 0.1) is 0 Å². The Morgan fingerprint density at radius 3 is 1.78 bits per heavy atom.